The van der Waals surface area contributed by atoms with Crippen molar-refractivity contribution in [1.82, 2.24) is 5.32 Å². The van der Waals surface area contributed by atoms with Crippen LogP contribution in [0.15, 0.2) is 72.8 Å². The molecule has 0 aromatic heterocycles. The number of nitrogens with zero attached hydrogens (tertiary/aromatic N) is 1. The molecule has 3 aromatic carbocycles. The zero-order valence-electron chi connectivity index (χ0n) is 19.8. The van der Waals surface area contributed by atoms with Gasteiger partial charge in [0.05, 0.1) is 11.0 Å². The van der Waals surface area contributed by atoms with Gasteiger partial charge in [0.2, 0.25) is 5.91 Å². The number of amides is 1. The molecule has 2 N–H and O–H groups in total. The van der Waals surface area contributed by atoms with Gasteiger partial charge in [0.25, 0.3) is 5.69 Å². The number of rotatable bonds is 10. The molecular weight excluding hydrogens is 460 g/mol. The van der Waals surface area contributed by atoms with Gasteiger partial charge in [-0.2, -0.15) is 0 Å². The van der Waals surface area contributed by atoms with Gasteiger partial charge in [-0.3, -0.25) is 14.9 Å². The highest BCUT2D eigenvalue weighted by atomic mass is 16.6. The van der Waals surface area contributed by atoms with E-state index in [-0.39, 0.29) is 24.1 Å². The Balaban J connectivity index is 1.46. The summed E-state index contributed by atoms with van der Waals surface area (Å²) in [6.07, 6.45) is 3.70. The van der Waals surface area contributed by atoms with E-state index in [1.807, 2.05) is 42.5 Å². The first kappa shape index (κ1) is 24.9. The smallest absolute Gasteiger partial charge is 0.341 e. The van der Waals surface area contributed by atoms with E-state index < -0.39 is 16.9 Å². The number of hydrogen-bond donors (Lipinski definition) is 2. The SMILES string of the molecule is O=C(O)COc1cccc2c1CCCC2CCC(=O)NC(c1ccccc1)c1ccc([N+](=O)[O-])cc1. The normalized spacial score (nSPS) is 15.4. The molecule has 0 saturated heterocycles. The monoisotopic (exact) mass is 488 g/mol. The average molecular weight is 489 g/mol. The van der Waals surface area contributed by atoms with E-state index in [9.17, 15) is 19.7 Å². The van der Waals surface area contributed by atoms with Crippen LogP contribution in [0.1, 0.15) is 59.9 Å². The minimum atomic E-state index is -1.02. The Morgan fingerprint density at radius 2 is 1.75 bits per heavy atom. The van der Waals surface area contributed by atoms with Crippen LogP contribution < -0.4 is 10.1 Å². The molecule has 0 radical (unpaired) electrons. The highest BCUT2D eigenvalue weighted by molar-refractivity contribution is 5.77. The van der Waals surface area contributed by atoms with E-state index in [4.69, 9.17) is 9.84 Å². The molecule has 1 aliphatic carbocycles. The molecule has 186 valence electrons. The second kappa shape index (κ2) is 11.5. The van der Waals surface area contributed by atoms with Gasteiger partial charge in [0.15, 0.2) is 6.61 Å². The van der Waals surface area contributed by atoms with Gasteiger partial charge in [-0.05, 0) is 72.1 Å². The lowest BCUT2D eigenvalue weighted by atomic mass is 9.80. The topological polar surface area (TPSA) is 119 Å². The Morgan fingerprint density at radius 3 is 2.44 bits per heavy atom. The number of carboxylic acids is 1. The summed E-state index contributed by atoms with van der Waals surface area (Å²) in [6, 6.07) is 21.0. The number of carbonyl (C=O) groups is 2. The number of ether oxygens (including phenoxy) is 1. The number of fused-ring (bicyclic) bond motifs is 1. The number of non-ortho nitro benzene ring substituents is 1. The maximum Gasteiger partial charge on any atom is 0.341 e. The van der Waals surface area contributed by atoms with Crippen LogP contribution in [0, 0.1) is 10.1 Å². The fourth-order valence-corrected chi connectivity index (χ4v) is 4.82. The van der Waals surface area contributed by atoms with Gasteiger partial charge in [-0.1, -0.05) is 42.5 Å². The van der Waals surface area contributed by atoms with Crippen molar-refractivity contribution in [1.29, 1.82) is 0 Å². The second-order valence-electron chi connectivity index (χ2n) is 8.89. The Bertz CT molecular complexity index is 1230. The van der Waals surface area contributed by atoms with E-state index in [0.29, 0.717) is 18.6 Å². The molecule has 8 nitrogen and oxygen atoms in total. The molecule has 4 rings (SSSR count). The fraction of sp³-hybridized carbons (Fsp3) is 0.286. The predicted octanol–water partition coefficient (Wildman–Crippen LogP) is 5.16. The maximum atomic E-state index is 13.1. The molecule has 0 saturated carbocycles. The van der Waals surface area contributed by atoms with Crippen molar-refractivity contribution in [3.05, 3.63) is 105 Å². The summed E-state index contributed by atoms with van der Waals surface area (Å²) in [5.41, 5.74) is 3.81. The summed E-state index contributed by atoms with van der Waals surface area (Å²) in [6.45, 7) is -0.382. The van der Waals surface area contributed by atoms with Crippen molar-refractivity contribution in [3.63, 3.8) is 0 Å². The zero-order chi connectivity index (χ0) is 25.5. The molecule has 36 heavy (non-hydrogen) atoms. The fourth-order valence-electron chi connectivity index (χ4n) is 4.82. The first-order valence-corrected chi connectivity index (χ1v) is 12.0. The number of nitro groups is 1. The molecule has 2 unspecified atom stereocenters. The Kier molecular flexibility index (Phi) is 7.95. The molecule has 0 aliphatic heterocycles. The van der Waals surface area contributed by atoms with E-state index in [0.717, 1.165) is 41.5 Å². The number of nitro benzene ring substituents is 1. The quantitative estimate of drug-likeness (QED) is 0.300. The number of carboxylic acid groups (broad SMARTS) is 1. The molecular formula is C28H28N2O6. The van der Waals surface area contributed by atoms with Crippen molar-refractivity contribution in [3.8, 4) is 5.75 Å². The lowest BCUT2D eigenvalue weighted by Crippen LogP contribution is -2.29. The minimum Gasteiger partial charge on any atom is -0.482 e. The van der Waals surface area contributed by atoms with Crippen LogP contribution in [0.25, 0.3) is 0 Å². The Morgan fingerprint density at radius 1 is 1.03 bits per heavy atom. The van der Waals surface area contributed by atoms with Crippen molar-refractivity contribution in [2.24, 2.45) is 0 Å². The van der Waals surface area contributed by atoms with Crippen LogP contribution in [0.3, 0.4) is 0 Å². The lowest BCUT2D eigenvalue weighted by Gasteiger charge is -2.27. The first-order valence-electron chi connectivity index (χ1n) is 12.0. The standard InChI is InChI=1S/C28H28N2O6/c31-26(17-14-19-8-4-10-24-23(19)9-5-11-25(24)36-18-27(32)33)29-28(20-6-2-1-3-7-20)21-12-15-22(16-13-21)30(34)35/h1-3,5-7,9,11-13,15-16,19,28H,4,8,10,14,17-18H2,(H,29,31)(H,32,33). The Labute approximate surface area is 209 Å². The van der Waals surface area contributed by atoms with Crippen LogP contribution in [0.2, 0.25) is 0 Å². The molecule has 0 bridgehead atoms. The predicted molar refractivity (Wildman–Crippen MR) is 134 cm³/mol. The van der Waals surface area contributed by atoms with Crippen molar-refractivity contribution >= 4 is 17.6 Å². The molecule has 0 fully saturated rings. The number of carbonyl (C=O) groups excluding carboxylic acids is 1. The lowest BCUT2D eigenvalue weighted by molar-refractivity contribution is -0.384. The van der Waals surface area contributed by atoms with Gasteiger partial charge in [-0.15, -0.1) is 0 Å². The second-order valence-corrected chi connectivity index (χ2v) is 8.89. The zero-order valence-corrected chi connectivity index (χ0v) is 19.8. The van der Waals surface area contributed by atoms with Crippen molar-refractivity contribution in [2.45, 2.75) is 44.1 Å². The molecule has 3 aromatic rings. The van der Waals surface area contributed by atoms with Crippen LogP contribution in [-0.4, -0.2) is 28.5 Å². The molecule has 8 heteroatoms. The van der Waals surface area contributed by atoms with E-state index >= 15 is 0 Å². The molecule has 0 heterocycles. The van der Waals surface area contributed by atoms with Crippen LogP contribution in [0.5, 0.6) is 5.75 Å². The van der Waals surface area contributed by atoms with Gasteiger partial charge in [-0.25, -0.2) is 4.79 Å². The summed E-state index contributed by atoms with van der Waals surface area (Å²) in [7, 11) is 0. The van der Waals surface area contributed by atoms with E-state index in [1.165, 1.54) is 12.1 Å². The van der Waals surface area contributed by atoms with Gasteiger partial charge in [0, 0.05) is 18.6 Å². The largest absolute Gasteiger partial charge is 0.482 e. The first-order chi connectivity index (χ1) is 17.4. The van der Waals surface area contributed by atoms with Crippen LogP contribution in [0.4, 0.5) is 5.69 Å². The van der Waals surface area contributed by atoms with Crippen molar-refractivity contribution < 1.29 is 24.4 Å². The summed E-state index contributed by atoms with van der Waals surface area (Å²) < 4.78 is 5.49. The van der Waals surface area contributed by atoms with Crippen LogP contribution >= 0.6 is 0 Å². The minimum absolute atomic E-state index is 0.000412. The third kappa shape index (κ3) is 6.07. The third-order valence-corrected chi connectivity index (χ3v) is 6.53. The highest BCUT2D eigenvalue weighted by Gasteiger charge is 2.25. The maximum absolute atomic E-state index is 13.1. The van der Waals surface area contributed by atoms with Gasteiger partial charge < -0.3 is 15.2 Å². The third-order valence-electron chi connectivity index (χ3n) is 6.53. The van der Waals surface area contributed by atoms with Gasteiger partial charge in [0.1, 0.15) is 5.75 Å². The summed E-state index contributed by atoms with van der Waals surface area (Å²) in [5, 5.41) is 23.1. The average Bonchev–Trinajstić information content (AvgIpc) is 2.89. The number of benzene rings is 3. The number of aliphatic carboxylic acids is 1. The summed E-state index contributed by atoms with van der Waals surface area (Å²) >= 11 is 0. The summed E-state index contributed by atoms with van der Waals surface area (Å²) in [5.74, 6) is -0.334. The summed E-state index contributed by atoms with van der Waals surface area (Å²) in [4.78, 5) is 34.6. The van der Waals surface area contributed by atoms with Crippen LogP contribution in [-0.2, 0) is 16.0 Å². The van der Waals surface area contributed by atoms with Gasteiger partial charge >= 0.3 is 5.97 Å². The molecule has 0 spiro atoms. The van der Waals surface area contributed by atoms with E-state index in [1.54, 1.807) is 18.2 Å². The Hall–Kier alpha value is -4.20. The highest BCUT2D eigenvalue weighted by Crippen LogP contribution is 2.39. The van der Waals surface area contributed by atoms with Crippen molar-refractivity contribution in [2.75, 3.05) is 6.61 Å². The molecule has 2 atom stereocenters. The molecule has 1 aliphatic rings. The van der Waals surface area contributed by atoms with E-state index in [2.05, 4.69) is 5.32 Å². The molecule has 1 amide bonds. The number of nitrogens with one attached hydrogen (secondary N) is 1. The number of hydrogen-bond acceptors (Lipinski definition) is 5.